The molecule has 0 aliphatic heterocycles. The molecule has 0 radical (unpaired) electrons. The van der Waals surface area contributed by atoms with Gasteiger partial charge >= 0.3 is 0 Å². The minimum atomic E-state index is -0.148. The van der Waals surface area contributed by atoms with Gasteiger partial charge in [0.05, 0.1) is 12.4 Å². The zero-order chi connectivity index (χ0) is 24.2. The molecule has 174 valence electrons. The summed E-state index contributed by atoms with van der Waals surface area (Å²) in [6, 6.07) is 3.74. The van der Waals surface area contributed by atoms with Crippen molar-refractivity contribution in [2.75, 3.05) is 0 Å². The van der Waals surface area contributed by atoms with E-state index >= 15 is 0 Å². The summed E-state index contributed by atoms with van der Waals surface area (Å²) in [5.41, 5.74) is 5.12. The molecule has 0 saturated heterocycles. The molecule has 0 saturated carbocycles. The van der Waals surface area contributed by atoms with Crippen LogP contribution in [0.15, 0.2) is 66.8 Å². The van der Waals surface area contributed by atoms with E-state index in [1.807, 2.05) is 58.8 Å². The summed E-state index contributed by atoms with van der Waals surface area (Å²) >= 11 is 5.97. The maximum atomic E-state index is 11.5. The monoisotopic (exact) mass is 478 g/mol. The van der Waals surface area contributed by atoms with Gasteiger partial charge in [-0.25, -0.2) is 14.0 Å². The highest BCUT2D eigenvalue weighted by Crippen LogP contribution is 2.24. The maximum absolute atomic E-state index is 11.5. The molecule has 12 heteroatoms. The van der Waals surface area contributed by atoms with E-state index in [1.54, 1.807) is 36.9 Å². The standard InChI is InChI=1S/C10H8ClN5.C10H9N5O.C2H6/c1-15-4-8(3-13-15)7-2-9-10(11)12-6-14-16(9)5-7;1-14-4-8(3-12-14)7-2-9-10(16)11-6-13-15(9)5-7;1-2/h2-6H,1H3;2-6H,1H3,(H,11,13,16);1-2H3. The Morgan fingerprint density at radius 1 is 0.765 bits per heavy atom. The van der Waals surface area contributed by atoms with Crippen molar-refractivity contribution < 1.29 is 0 Å². The number of rotatable bonds is 2. The first-order valence-corrected chi connectivity index (χ1v) is 10.9. The van der Waals surface area contributed by atoms with Crippen LogP contribution in [0.2, 0.25) is 5.15 Å². The van der Waals surface area contributed by atoms with Gasteiger partial charge in [-0.05, 0) is 12.1 Å². The Morgan fingerprint density at radius 3 is 1.82 bits per heavy atom. The molecule has 11 nitrogen and oxygen atoms in total. The van der Waals surface area contributed by atoms with Crippen LogP contribution >= 0.6 is 11.6 Å². The van der Waals surface area contributed by atoms with Crippen molar-refractivity contribution in [2.45, 2.75) is 13.8 Å². The molecular weight excluding hydrogens is 456 g/mol. The zero-order valence-corrected chi connectivity index (χ0v) is 19.8. The van der Waals surface area contributed by atoms with Crippen LogP contribution in [-0.4, -0.2) is 48.8 Å². The van der Waals surface area contributed by atoms with Crippen LogP contribution in [0.1, 0.15) is 13.8 Å². The van der Waals surface area contributed by atoms with Gasteiger partial charge in [0, 0.05) is 61.1 Å². The van der Waals surface area contributed by atoms with Crippen LogP contribution in [0.4, 0.5) is 0 Å². The van der Waals surface area contributed by atoms with Crippen LogP contribution in [-0.2, 0) is 14.1 Å². The predicted octanol–water partition coefficient (Wildman–Crippen LogP) is 3.23. The van der Waals surface area contributed by atoms with E-state index in [-0.39, 0.29) is 5.56 Å². The van der Waals surface area contributed by atoms with E-state index in [9.17, 15) is 4.79 Å². The first-order valence-electron chi connectivity index (χ1n) is 10.5. The Labute approximate surface area is 199 Å². The topological polar surface area (TPSA) is 116 Å². The number of aryl methyl sites for hydroxylation is 2. The largest absolute Gasteiger partial charge is 0.310 e. The zero-order valence-electron chi connectivity index (χ0n) is 19.1. The number of aromatic nitrogens is 10. The highest BCUT2D eigenvalue weighted by Gasteiger charge is 2.08. The lowest BCUT2D eigenvalue weighted by molar-refractivity contribution is 0.768. The fraction of sp³-hybridized carbons (Fsp3) is 0.182. The van der Waals surface area contributed by atoms with Crippen LogP contribution in [0.25, 0.3) is 33.3 Å². The summed E-state index contributed by atoms with van der Waals surface area (Å²) in [7, 11) is 3.73. The summed E-state index contributed by atoms with van der Waals surface area (Å²) in [4.78, 5) is 18.0. The molecule has 6 aromatic rings. The summed E-state index contributed by atoms with van der Waals surface area (Å²) < 4.78 is 6.74. The third-order valence-corrected chi connectivity index (χ3v) is 5.14. The minimum Gasteiger partial charge on any atom is -0.310 e. The van der Waals surface area contributed by atoms with Crippen molar-refractivity contribution in [3.63, 3.8) is 0 Å². The Morgan fingerprint density at radius 2 is 1.32 bits per heavy atom. The quantitative estimate of drug-likeness (QED) is 0.408. The van der Waals surface area contributed by atoms with Gasteiger partial charge in [-0.15, -0.1) is 0 Å². The first kappa shape index (κ1) is 22.9. The third-order valence-electron chi connectivity index (χ3n) is 4.85. The van der Waals surface area contributed by atoms with Gasteiger partial charge in [0.25, 0.3) is 5.56 Å². The smallest absolute Gasteiger partial charge is 0.275 e. The Bertz CT molecular complexity index is 1600. The van der Waals surface area contributed by atoms with Crippen LogP contribution in [0.3, 0.4) is 0 Å². The lowest BCUT2D eigenvalue weighted by Gasteiger charge is -1.91. The number of H-pyrrole nitrogens is 1. The second-order valence-electron chi connectivity index (χ2n) is 7.09. The highest BCUT2D eigenvalue weighted by atomic mass is 35.5. The van der Waals surface area contributed by atoms with Crippen molar-refractivity contribution in [3.8, 4) is 22.3 Å². The third kappa shape index (κ3) is 4.59. The van der Waals surface area contributed by atoms with E-state index in [2.05, 4.69) is 30.4 Å². The van der Waals surface area contributed by atoms with Gasteiger partial charge < -0.3 is 4.98 Å². The van der Waals surface area contributed by atoms with Gasteiger partial charge in [-0.3, -0.25) is 14.2 Å². The van der Waals surface area contributed by atoms with E-state index in [4.69, 9.17) is 11.6 Å². The molecule has 6 aromatic heterocycles. The maximum Gasteiger partial charge on any atom is 0.275 e. The van der Waals surface area contributed by atoms with Gasteiger partial charge in [-0.1, -0.05) is 25.4 Å². The summed E-state index contributed by atoms with van der Waals surface area (Å²) in [6.07, 6.45) is 13.9. The number of hydrogen-bond donors (Lipinski definition) is 1. The highest BCUT2D eigenvalue weighted by molar-refractivity contribution is 6.32. The van der Waals surface area contributed by atoms with E-state index in [1.165, 1.54) is 12.7 Å². The number of aromatic amines is 1. The van der Waals surface area contributed by atoms with E-state index < -0.39 is 0 Å². The van der Waals surface area contributed by atoms with Crippen molar-refractivity contribution in [1.82, 2.24) is 48.8 Å². The fourth-order valence-corrected chi connectivity index (χ4v) is 3.48. The molecule has 0 amide bonds. The average Bonchev–Trinajstić information content (AvgIpc) is 3.61. The lowest BCUT2D eigenvalue weighted by Crippen LogP contribution is -2.09. The number of nitrogens with zero attached hydrogens (tertiary/aromatic N) is 9. The first-order chi connectivity index (χ1) is 16.5. The number of halogens is 1. The molecule has 0 fully saturated rings. The molecule has 0 bridgehead atoms. The summed E-state index contributed by atoms with van der Waals surface area (Å²) in [6.45, 7) is 4.00. The molecule has 1 N–H and O–H groups in total. The van der Waals surface area contributed by atoms with Crippen molar-refractivity contribution in [1.29, 1.82) is 0 Å². The van der Waals surface area contributed by atoms with Crippen molar-refractivity contribution in [2.24, 2.45) is 14.1 Å². The predicted molar refractivity (Wildman–Crippen MR) is 130 cm³/mol. The molecule has 0 aromatic carbocycles. The summed E-state index contributed by atoms with van der Waals surface area (Å²) in [5, 5.41) is 16.8. The molecule has 34 heavy (non-hydrogen) atoms. The second kappa shape index (κ2) is 9.71. The van der Waals surface area contributed by atoms with E-state index in [0.717, 1.165) is 27.8 Å². The van der Waals surface area contributed by atoms with Crippen molar-refractivity contribution in [3.05, 3.63) is 77.5 Å². The molecule has 0 aliphatic rings. The Kier molecular flexibility index (Phi) is 6.55. The normalized spacial score (nSPS) is 10.6. The molecule has 0 spiro atoms. The van der Waals surface area contributed by atoms with Crippen LogP contribution < -0.4 is 5.56 Å². The van der Waals surface area contributed by atoms with Crippen LogP contribution in [0.5, 0.6) is 0 Å². The molecule has 6 heterocycles. The number of nitrogens with one attached hydrogen (secondary N) is 1. The second-order valence-corrected chi connectivity index (χ2v) is 7.45. The average molecular weight is 479 g/mol. The molecule has 6 rings (SSSR count). The van der Waals surface area contributed by atoms with Crippen molar-refractivity contribution >= 4 is 22.6 Å². The molecule has 0 unspecified atom stereocenters. The molecule has 0 atom stereocenters. The summed E-state index contributed by atoms with van der Waals surface area (Å²) in [5.74, 6) is 0. The van der Waals surface area contributed by atoms with Gasteiger partial charge in [-0.2, -0.15) is 20.4 Å². The lowest BCUT2D eigenvalue weighted by atomic mass is 10.2. The Balaban J connectivity index is 0.000000150. The Hall–Kier alpha value is -4.25. The number of fused-ring (bicyclic) bond motifs is 2. The minimum absolute atomic E-state index is 0.148. The number of hydrogen-bond acceptors (Lipinski definition) is 6. The van der Waals surface area contributed by atoms with Gasteiger partial charge in [0.1, 0.15) is 23.7 Å². The fourth-order valence-electron chi connectivity index (χ4n) is 3.30. The van der Waals surface area contributed by atoms with Gasteiger partial charge in [0.2, 0.25) is 0 Å². The molecular formula is C22H23ClN10O. The molecule has 0 aliphatic carbocycles. The van der Waals surface area contributed by atoms with Crippen LogP contribution in [0, 0.1) is 0 Å². The van der Waals surface area contributed by atoms with Gasteiger partial charge in [0.15, 0.2) is 5.15 Å². The van der Waals surface area contributed by atoms with E-state index in [0.29, 0.717) is 10.7 Å². The SMILES string of the molecule is CC.Cn1cc(-c2cc3c(=O)[nH]cnn3c2)cn1.Cn1cc(-c2cc3c(Cl)ncnn3c2)cn1.